The lowest BCUT2D eigenvalue weighted by molar-refractivity contribution is -0.117. The molecule has 4 aromatic rings. The molecule has 1 amide bonds. The van der Waals surface area contributed by atoms with E-state index in [2.05, 4.69) is 9.82 Å². The van der Waals surface area contributed by atoms with E-state index in [0.717, 1.165) is 11.1 Å². The molecule has 0 aliphatic rings. The molecule has 8 nitrogen and oxygen atoms in total. The Bertz CT molecular complexity index is 1520. The number of halogens is 2. The number of nitrogens with zero attached hydrogens (tertiary/aromatic N) is 2. The molecule has 182 valence electrons. The predicted molar refractivity (Wildman–Crippen MR) is 137 cm³/mol. The van der Waals surface area contributed by atoms with Crippen molar-refractivity contribution in [3.8, 4) is 5.75 Å². The summed E-state index contributed by atoms with van der Waals surface area (Å²) >= 11 is 12.0. The Morgan fingerprint density at radius 3 is 2.51 bits per heavy atom. The summed E-state index contributed by atoms with van der Waals surface area (Å²) < 4.78 is 36.0. The Kier molecular flexibility index (Phi) is 7.20. The largest absolute Gasteiger partial charge is 0.496 e. The fraction of sp³-hybridized carbons (Fsp3) is 0.167. The topological polar surface area (TPSA) is 116 Å². The van der Waals surface area contributed by atoms with Crippen molar-refractivity contribution in [2.24, 2.45) is 5.73 Å². The van der Waals surface area contributed by atoms with Gasteiger partial charge in [-0.2, -0.15) is 5.10 Å². The van der Waals surface area contributed by atoms with Crippen LogP contribution in [0.25, 0.3) is 10.9 Å². The maximum absolute atomic E-state index is 13.1. The van der Waals surface area contributed by atoms with Gasteiger partial charge in [-0.3, -0.25) is 14.2 Å². The van der Waals surface area contributed by atoms with Gasteiger partial charge in [-0.1, -0.05) is 53.5 Å². The molecule has 0 aliphatic carbocycles. The van der Waals surface area contributed by atoms with Crippen LogP contribution in [0.1, 0.15) is 17.5 Å². The van der Waals surface area contributed by atoms with Crippen molar-refractivity contribution in [2.45, 2.75) is 24.3 Å². The SMILES string of the molecule is COc1cccc2c1c(NS(=O)(=O)c1ccc(Cl)c(Cl)c1)nn2Cc1cccc(CCC(N)=O)c1. The number of aromatic nitrogens is 2. The maximum atomic E-state index is 13.1. The lowest BCUT2D eigenvalue weighted by Crippen LogP contribution is -2.14. The third-order valence-electron chi connectivity index (χ3n) is 5.38. The minimum absolute atomic E-state index is 0.0494. The smallest absolute Gasteiger partial charge is 0.263 e. The van der Waals surface area contributed by atoms with Crippen LogP contribution in [0.5, 0.6) is 5.75 Å². The number of sulfonamides is 1. The molecule has 35 heavy (non-hydrogen) atoms. The molecule has 0 bridgehead atoms. The first-order valence-electron chi connectivity index (χ1n) is 10.6. The van der Waals surface area contributed by atoms with Crippen molar-refractivity contribution in [2.75, 3.05) is 11.8 Å². The maximum Gasteiger partial charge on any atom is 0.263 e. The van der Waals surface area contributed by atoms with Crippen LogP contribution in [0.4, 0.5) is 5.82 Å². The Balaban J connectivity index is 1.73. The van der Waals surface area contributed by atoms with Gasteiger partial charge in [0.25, 0.3) is 10.0 Å². The molecule has 1 heterocycles. The summed E-state index contributed by atoms with van der Waals surface area (Å²) in [5, 5.41) is 5.45. The van der Waals surface area contributed by atoms with Crippen LogP contribution in [0.3, 0.4) is 0 Å². The quantitative estimate of drug-likeness (QED) is 0.326. The summed E-state index contributed by atoms with van der Waals surface area (Å²) in [4.78, 5) is 11.1. The molecule has 0 spiro atoms. The van der Waals surface area contributed by atoms with Gasteiger partial charge in [-0.05, 0) is 47.9 Å². The number of anilines is 1. The zero-order valence-electron chi connectivity index (χ0n) is 18.7. The highest BCUT2D eigenvalue weighted by atomic mass is 35.5. The highest BCUT2D eigenvalue weighted by molar-refractivity contribution is 7.92. The van der Waals surface area contributed by atoms with E-state index in [0.29, 0.717) is 29.6 Å². The molecule has 1 aromatic heterocycles. The molecule has 0 saturated heterocycles. The second-order valence-electron chi connectivity index (χ2n) is 7.83. The van der Waals surface area contributed by atoms with Gasteiger partial charge < -0.3 is 10.5 Å². The number of carbonyl (C=O) groups excluding carboxylic acids is 1. The monoisotopic (exact) mass is 532 g/mol. The highest BCUT2D eigenvalue weighted by Crippen LogP contribution is 2.34. The predicted octanol–water partition coefficient (Wildman–Crippen LogP) is 4.62. The van der Waals surface area contributed by atoms with Crippen molar-refractivity contribution in [3.05, 3.63) is 81.8 Å². The molecule has 3 aromatic carbocycles. The van der Waals surface area contributed by atoms with Gasteiger partial charge in [-0.25, -0.2) is 8.42 Å². The van der Waals surface area contributed by atoms with Gasteiger partial charge in [0.2, 0.25) is 5.91 Å². The zero-order chi connectivity index (χ0) is 25.2. The van der Waals surface area contributed by atoms with Gasteiger partial charge in [0.05, 0.1) is 39.5 Å². The van der Waals surface area contributed by atoms with E-state index in [1.165, 1.54) is 25.3 Å². The van der Waals surface area contributed by atoms with Crippen molar-refractivity contribution < 1.29 is 17.9 Å². The summed E-state index contributed by atoms with van der Waals surface area (Å²) in [6.45, 7) is 0.364. The van der Waals surface area contributed by atoms with Crippen LogP contribution in [0.15, 0.2) is 65.6 Å². The fourth-order valence-corrected chi connectivity index (χ4v) is 5.11. The molecule has 0 aliphatic heterocycles. The number of nitrogens with two attached hydrogens (primary N) is 1. The average molecular weight is 533 g/mol. The van der Waals surface area contributed by atoms with Gasteiger partial charge in [0, 0.05) is 6.42 Å². The van der Waals surface area contributed by atoms with Gasteiger partial charge in [0.1, 0.15) is 5.75 Å². The van der Waals surface area contributed by atoms with E-state index in [1.54, 1.807) is 16.8 Å². The Hall–Kier alpha value is -3.27. The van der Waals surface area contributed by atoms with E-state index >= 15 is 0 Å². The Morgan fingerprint density at radius 1 is 1.06 bits per heavy atom. The first kappa shape index (κ1) is 24.8. The van der Waals surface area contributed by atoms with Crippen LogP contribution in [0.2, 0.25) is 10.0 Å². The number of benzene rings is 3. The van der Waals surface area contributed by atoms with Crippen molar-refractivity contribution in [1.29, 1.82) is 0 Å². The number of methoxy groups -OCH3 is 1. The molecule has 0 fully saturated rings. The highest BCUT2D eigenvalue weighted by Gasteiger charge is 2.22. The number of amides is 1. The fourth-order valence-electron chi connectivity index (χ4n) is 3.71. The number of hydrogen-bond acceptors (Lipinski definition) is 5. The molecule has 4 rings (SSSR count). The number of hydrogen-bond donors (Lipinski definition) is 2. The Morgan fingerprint density at radius 2 is 1.80 bits per heavy atom. The van der Waals surface area contributed by atoms with E-state index in [4.69, 9.17) is 33.7 Å². The molecular formula is C24H22Cl2N4O4S. The number of nitrogens with one attached hydrogen (secondary N) is 1. The van der Waals surface area contributed by atoms with Crippen molar-refractivity contribution >= 4 is 55.9 Å². The standard InChI is InChI=1S/C24H22Cl2N4O4S/c1-34-21-7-3-6-20-23(21)24(29-35(32,33)17-9-10-18(25)19(26)13-17)28-30(20)14-16-5-2-4-15(12-16)8-11-22(27)31/h2-7,9-10,12-13H,8,11,14H2,1H3,(H2,27,31)(H,28,29). The number of primary amides is 1. The van der Waals surface area contributed by atoms with E-state index in [-0.39, 0.29) is 33.1 Å². The third-order valence-corrected chi connectivity index (χ3v) is 7.45. The molecular weight excluding hydrogens is 511 g/mol. The minimum Gasteiger partial charge on any atom is -0.496 e. The summed E-state index contributed by atoms with van der Waals surface area (Å²) in [6.07, 6.45) is 0.789. The van der Waals surface area contributed by atoms with Crippen LogP contribution in [0, 0.1) is 0 Å². The Labute approximate surface area is 212 Å². The number of ether oxygens (including phenoxy) is 1. The summed E-state index contributed by atoms with van der Waals surface area (Å²) in [5.41, 5.74) is 7.84. The van der Waals surface area contributed by atoms with Gasteiger partial charge in [0.15, 0.2) is 5.82 Å². The number of carbonyl (C=O) groups is 1. The number of fused-ring (bicyclic) bond motifs is 1. The first-order valence-corrected chi connectivity index (χ1v) is 12.8. The van der Waals surface area contributed by atoms with E-state index in [9.17, 15) is 13.2 Å². The normalized spacial score (nSPS) is 11.5. The summed E-state index contributed by atoms with van der Waals surface area (Å²) in [6, 6.07) is 17.1. The van der Waals surface area contributed by atoms with Crippen LogP contribution >= 0.6 is 23.2 Å². The second kappa shape index (κ2) is 10.2. The van der Waals surface area contributed by atoms with E-state index < -0.39 is 10.0 Å². The van der Waals surface area contributed by atoms with Crippen LogP contribution < -0.4 is 15.2 Å². The molecule has 0 radical (unpaired) electrons. The molecule has 0 atom stereocenters. The molecule has 0 saturated carbocycles. The zero-order valence-corrected chi connectivity index (χ0v) is 21.0. The van der Waals surface area contributed by atoms with Crippen LogP contribution in [-0.2, 0) is 27.8 Å². The summed E-state index contributed by atoms with van der Waals surface area (Å²) in [7, 11) is -2.51. The van der Waals surface area contributed by atoms with E-state index in [1.807, 2.05) is 30.3 Å². The number of rotatable bonds is 9. The van der Waals surface area contributed by atoms with Crippen molar-refractivity contribution in [3.63, 3.8) is 0 Å². The minimum atomic E-state index is -4.02. The number of aryl methyl sites for hydroxylation is 1. The second-order valence-corrected chi connectivity index (χ2v) is 10.3. The first-order chi connectivity index (χ1) is 16.7. The average Bonchev–Trinajstić information content (AvgIpc) is 3.16. The lowest BCUT2D eigenvalue weighted by Gasteiger charge is -2.08. The molecule has 11 heteroatoms. The molecule has 0 unspecified atom stereocenters. The summed E-state index contributed by atoms with van der Waals surface area (Å²) in [5.74, 6) is 0.226. The van der Waals surface area contributed by atoms with Crippen LogP contribution in [-0.4, -0.2) is 31.2 Å². The molecule has 3 N–H and O–H groups in total. The lowest BCUT2D eigenvalue weighted by atomic mass is 10.1. The van der Waals surface area contributed by atoms with Gasteiger partial charge in [-0.15, -0.1) is 0 Å². The van der Waals surface area contributed by atoms with Crippen molar-refractivity contribution in [1.82, 2.24) is 9.78 Å². The third kappa shape index (κ3) is 5.53. The van der Waals surface area contributed by atoms with Gasteiger partial charge >= 0.3 is 0 Å².